The summed E-state index contributed by atoms with van der Waals surface area (Å²) in [7, 11) is 0. The lowest BCUT2D eigenvalue weighted by Gasteiger charge is -2.22. The molecule has 0 unspecified atom stereocenters. The molecule has 7 rings (SSSR count). The maximum Gasteiger partial charge on any atom is 0.0953 e. The van der Waals surface area contributed by atoms with Gasteiger partial charge in [0.05, 0.1) is 34.6 Å². The van der Waals surface area contributed by atoms with Crippen LogP contribution in [0.2, 0.25) is 0 Å². The smallest absolute Gasteiger partial charge is 0.0953 e. The van der Waals surface area contributed by atoms with Gasteiger partial charge in [0.15, 0.2) is 0 Å². The summed E-state index contributed by atoms with van der Waals surface area (Å²) in [6.07, 6.45) is 2.43. The molecular formula is C31H29N3. The highest BCUT2D eigenvalue weighted by atomic mass is 15.4. The van der Waals surface area contributed by atoms with Gasteiger partial charge in [-0.1, -0.05) is 55.3 Å². The van der Waals surface area contributed by atoms with Crippen molar-refractivity contribution in [3.8, 4) is 0 Å². The number of aryl methyl sites for hydroxylation is 2. The van der Waals surface area contributed by atoms with Crippen LogP contribution in [0, 0.1) is 13.8 Å². The van der Waals surface area contributed by atoms with Crippen LogP contribution in [-0.4, -0.2) is 17.6 Å². The first-order valence-corrected chi connectivity index (χ1v) is 12.5. The predicted octanol–water partition coefficient (Wildman–Crippen LogP) is 8.17. The summed E-state index contributed by atoms with van der Waals surface area (Å²) < 4.78 is 2.50. The lowest BCUT2D eigenvalue weighted by molar-refractivity contribution is 0.736. The number of rotatable bonds is 4. The van der Waals surface area contributed by atoms with E-state index in [1.165, 1.54) is 79.1 Å². The van der Waals surface area contributed by atoms with Crippen molar-refractivity contribution >= 4 is 55.2 Å². The van der Waals surface area contributed by atoms with E-state index in [1.54, 1.807) is 0 Å². The van der Waals surface area contributed by atoms with Crippen molar-refractivity contribution in [2.75, 3.05) is 23.0 Å². The second kappa shape index (κ2) is 7.14. The van der Waals surface area contributed by atoms with Crippen LogP contribution in [0.15, 0.2) is 72.8 Å². The van der Waals surface area contributed by atoms with E-state index in [0.29, 0.717) is 0 Å². The maximum atomic E-state index is 2.52. The molecule has 1 aliphatic heterocycles. The van der Waals surface area contributed by atoms with Crippen LogP contribution in [0.3, 0.4) is 0 Å². The molecule has 1 aliphatic rings. The third-order valence-corrected chi connectivity index (χ3v) is 7.65. The van der Waals surface area contributed by atoms with Crippen LogP contribution in [0.4, 0.5) is 17.1 Å². The molecule has 4 aromatic carbocycles. The topological polar surface area (TPSA) is 10.9 Å². The highest BCUT2D eigenvalue weighted by Crippen LogP contribution is 2.44. The minimum atomic E-state index is 0.913. The number of hydrogen-bond acceptors (Lipinski definition) is 2. The Labute approximate surface area is 200 Å². The zero-order chi connectivity index (χ0) is 23.0. The van der Waals surface area contributed by atoms with E-state index in [1.807, 2.05) is 0 Å². The van der Waals surface area contributed by atoms with Crippen molar-refractivity contribution in [3.63, 3.8) is 0 Å². The van der Waals surface area contributed by atoms with Gasteiger partial charge in [-0.3, -0.25) is 0 Å². The molecule has 6 aromatic rings. The Morgan fingerprint density at radius 3 is 2.35 bits per heavy atom. The maximum absolute atomic E-state index is 2.52. The summed E-state index contributed by atoms with van der Waals surface area (Å²) in [4.78, 5) is 5.00. The monoisotopic (exact) mass is 443 g/mol. The van der Waals surface area contributed by atoms with Crippen molar-refractivity contribution in [2.45, 2.75) is 33.6 Å². The van der Waals surface area contributed by atoms with Gasteiger partial charge in [0, 0.05) is 33.8 Å². The minimum Gasteiger partial charge on any atom is -0.352 e. The number of nitrogens with zero attached hydrogens (tertiary/aromatic N) is 3. The Balaban J connectivity index is 1.46. The number of anilines is 3. The molecule has 2 aromatic heterocycles. The van der Waals surface area contributed by atoms with E-state index in [9.17, 15) is 0 Å². The molecular weight excluding hydrogens is 414 g/mol. The molecule has 0 fully saturated rings. The summed E-state index contributed by atoms with van der Waals surface area (Å²) >= 11 is 0. The highest BCUT2D eigenvalue weighted by Gasteiger charge is 2.27. The highest BCUT2D eigenvalue weighted by molar-refractivity contribution is 6.24. The lowest BCUT2D eigenvalue weighted by Crippen LogP contribution is -2.28. The Morgan fingerprint density at radius 1 is 0.735 bits per heavy atom. The van der Waals surface area contributed by atoms with E-state index in [-0.39, 0.29) is 0 Å². The number of unbranched alkanes of at least 4 members (excludes halogenated alkanes) is 1. The van der Waals surface area contributed by atoms with E-state index in [2.05, 4.69) is 108 Å². The minimum absolute atomic E-state index is 0.913. The molecule has 0 radical (unpaired) electrons. The summed E-state index contributed by atoms with van der Waals surface area (Å²) in [6.45, 7) is 8.72. The zero-order valence-corrected chi connectivity index (χ0v) is 20.1. The first-order chi connectivity index (χ1) is 16.7. The van der Waals surface area contributed by atoms with Crippen molar-refractivity contribution in [3.05, 3.63) is 83.9 Å². The van der Waals surface area contributed by atoms with E-state index in [0.717, 1.165) is 13.2 Å². The molecule has 168 valence electrons. The molecule has 0 atom stereocenters. The number of para-hydroxylation sites is 3. The van der Waals surface area contributed by atoms with Gasteiger partial charge in [-0.25, -0.2) is 0 Å². The van der Waals surface area contributed by atoms with Crippen molar-refractivity contribution in [1.29, 1.82) is 0 Å². The van der Waals surface area contributed by atoms with Crippen LogP contribution < -0.4 is 9.80 Å². The van der Waals surface area contributed by atoms with Crippen LogP contribution in [-0.2, 0) is 0 Å². The molecule has 3 nitrogen and oxygen atoms in total. The molecule has 34 heavy (non-hydrogen) atoms. The SMILES string of the molecule is CCCCN1CN(c2ccc3c(c2)c2cccc4c5cc(C)cc(C)c5n3c24)c2ccccc21. The average Bonchev–Trinajstić information content (AvgIpc) is 3.49. The molecule has 0 saturated heterocycles. The van der Waals surface area contributed by atoms with E-state index >= 15 is 0 Å². The number of hydrogen-bond donors (Lipinski definition) is 0. The second-order valence-corrected chi connectivity index (χ2v) is 9.89. The van der Waals surface area contributed by atoms with Gasteiger partial charge in [-0.2, -0.15) is 0 Å². The van der Waals surface area contributed by atoms with Crippen LogP contribution >= 0.6 is 0 Å². The largest absolute Gasteiger partial charge is 0.352 e. The standard InChI is InChI=1S/C31H29N3/c1-4-5-15-32-19-33(29-12-7-6-11-28(29)32)22-13-14-27-25(18-22)23-9-8-10-24-26-17-20(2)16-21(3)30(26)34(27)31(23)24/h6-14,16-18H,4-5,15,19H2,1-3H3. The average molecular weight is 444 g/mol. The first-order valence-electron chi connectivity index (χ1n) is 12.5. The fourth-order valence-corrected chi connectivity index (χ4v) is 6.18. The Hall–Kier alpha value is -3.72. The van der Waals surface area contributed by atoms with Gasteiger partial charge in [-0.15, -0.1) is 0 Å². The molecule has 0 amide bonds. The molecule has 0 bridgehead atoms. The molecule has 3 heterocycles. The molecule has 3 heteroatoms. The fraction of sp³-hybridized carbons (Fsp3) is 0.226. The summed E-state index contributed by atoms with van der Waals surface area (Å²) in [5.41, 5.74) is 10.6. The van der Waals surface area contributed by atoms with Gasteiger partial charge >= 0.3 is 0 Å². The molecule has 0 spiro atoms. The number of aromatic nitrogens is 1. The lowest BCUT2D eigenvalue weighted by atomic mass is 10.0. The van der Waals surface area contributed by atoms with Crippen LogP contribution in [0.5, 0.6) is 0 Å². The van der Waals surface area contributed by atoms with Gasteiger partial charge < -0.3 is 14.2 Å². The number of fused-ring (bicyclic) bond motifs is 7. The zero-order valence-electron chi connectivity index (χ0n) is 20.1. The summed E-state index contributed by atoms with van der Waals surface area (Å²) in [6, 6.07) is 27.3. The third-order valence-electron chi connectivity index (χ3n) is 7.65. The normalized spacial score (nSPS) is 13.9. The molecule has 0 saturated carbocycles. The molecule has 0 aliphatic carbocycles. The van der Waals surface area contributed by atoms with E-state index < -0.39 is 0 Å². The first kappa shape index (κ1) is 19.7. The van der Waals surface area contributed by atoms with Crippen molar-refractivity contribution in [2.24, 2.45) is 0 Å². The summed E-state index contributed by atoms with van der Waals surface area (Å²) in [5.74, 6) is 0. The van der Waals surface area contributed by atoms with Gasteiger partial charge in [0.1, 0.15) is 0 Å². The fourth-order valence-electron chi connectivity index (χ4n) is 6.18. The number of benzene rings is 4. The Bertz CT molecular complexity index is 1710. The summed E-state index contributed by atoms with van der Waals surface area (Å²) in [5, 5.41) is 5.40. The van der Waals surface area contributed by atoms with Crippen molar-refractivity contribution < 1.29 is 0 Å². The van der Waals surface area contributed by atoms with Crippen LogP contribution in [0.1, 0.15) is 30.9 Å². The second-order valence-electron chi connectivity index (χ2n) is 9.89. The van der Waals surface area contributed by atoms with Gasteiger partial charge in [0.25, 0.3) is 0 Å². The van der Waals surface area contributed by atoms with Crippen LogP contribution in [0.25, 0.3) is 38.1 Å². The Morgan fingerprint density at radius 2 is 1.53 bits per heavy atom. The quantitative estimate of drug-likeness (QED) is 0.272. The predicted molar refractivity (Wildman–Crippen MR) is 146 cm³/mol. The van der Waals surface area contributed by atoms with Gasteiger partial charge in [-0.05, 0) is 62.2 Å². The van der Waals surface area contributed by atoms with E-state index in [4.69, 9.17) is 0 Å². The molecule has 0 N–H and O–H groups in total. The third kappa shape index (κ3) is 2.58. The Kier molecular flexibility index (Phi) is 4.14. The van der Waals surface area contributed by atoms with Crippen molar-refractivity contribution in [1.82, 2.24) is 4.40 Å². The van der Waals surface area contributed by atoms with Gasteiger partial charge in [0.2, 0.25) is 0 Å².